The zero-order valence-corrected chi connectivity index (χ0v) is 46.6. The van der Waals surface area contributed by atoms with Gasteiger partial charge in [0.1, 0.15) is 57.0 Å². The molecule has 0 aromatic heterocycles. The first-order valence-electron chi connectivity index (χ1n) is 20.2. The van der Waals surface area contributed by atoms with Crippen LogP contribution in [-0.2, 0) is 88.6 Å². The molecule has 66 heavy (non-hydrogen) atoms. The van der Waals surface area contributed by atoms with Crippen LogP contribution in [0.1, 0.15) is 5.56 Å². The molecule has 0 radical (unpaired) electrons. The van der Waals surface area contributed by atoms with Crippen molar-refractivity contribution in [2.75, 3.05) is 0 Å². The van der Waals surface area contributed by atoms with Crippen LogP contribution in [0.2, 0.25) is 0 Å². The van der Waals surface area contributed by atoms with Crippen molar-refractivity contribution in [3.8, 4) is 0 Å². The third-order valence-electron chi connectivity index (χ3n) is 10.2. The molecule has 0 saturated heterocycles. The molecule has 9 rings (SSSR count). The second kappa shape index (κ2) is 30.8. The molecule has 0 N–H and O–H groups in total. The molecule has 0 heterocycles. The smallest absolute Gasteiger partial charge is 0.144 e. The number of hydrogen-bond acceptors (Lipinski definition) is 5. The first kappa shape index (κ1) is 56.9. The van der Waals surface area contributed by atoms with Crippen LogP contribution >= 0.6 is 34.7 Å². The Balaban J connectivity index is 0.000000267. The van der Waals surface area contributed by atoms with Crippen LogP contribution in [0.25, 0.3) is 0 Å². The van der Waals surface area contributed by atoms with Crippen LogP contribution < -0.4 is 42.4 Å². The minimum Gasteiger partial charge on any atom is -0.813 e. The Morgan fingerprint density at radius 1 is 0.333 bits per heavy atom. The molecule has 0 aliphatic carbocycles. The molecule has 11 heteroatoms. The quantitative estimate of drug-likeness (QED) is 0.0651. The number of hydrogen-bond donors (Lipinski definition) is 0. The number of rotatable bonds is 8. The van der Waals surface area contributed by atoms with Crippen molar-refractivity contribution < 1.29 is 36.3 Å². The van der Waals surface area contributed by atoms with E-state index in [4.69, 9.17) is 48.9 Å². The van der Waals surface area contributed by atoms with Gasteiger partial charge in [-0.05, 0) is 104 Å². The molecule has 0 amide bonds. The summed E-state index contributed by atoms with van der Waals surface area (Å²) in [7, 11) is 5.72. The fourth-order valence-electron chi connectivity index (χ4n) is 7.62. The molecule has 0 bridgehead atoms. The Morgan fingerprint density at radius 2 is 0.500 bits per heavy atom. The first-order valence-corrected chi connectivity index (χ1v) is 28.8. The molecule has 0 spiro atoms. The summed E-state index contributed by atoms with van der Waals surface area (Å²) in [5, 5.41) is 11.1. The fourth-order valence-corrected chi connectivity index (χ4v) is 16.5. The normalized spacial score (nSPS) is 10.2. The zero-order valence-electron chi connectivity index (χ0n) is 35.9. The number of halogens is 2. The van der Waals surface area contributed by atoms with Gasteiger partial charge in [-0.2, -0.15) is 9.79 Å². The molecule has 0 atom stereocenters. The van der Waals surface area contributed by atoms with E-state index in [0.717, 1.165) is 9.79 Å². The van der Waals surface area contributed by atoms with Gasteiger partial charge in [-0.25, -0.2) is 0 Å². The van der Waals surface area contributed by atoms with Crippen LogP contribution in [0.4, 0.5) is 0 Å². The van der Waals surface area contributed by atoms with Crippen LogP contribution in [0.15, 0.2) is 271 Å². The second-order valence-electron chi connectivity index (χ2n) is 14.0. The molecular weight excluding hydrogens is 1180 g/mol. The largest absolute Gasteiger partial charge is 0.813 e. The van der Waals surface area contributed by atoms with E-state index in [-0.39, 0.29) is 40.1 Å². The van der Waals surface area contributed by atoms with E-state index in [2.05, 4.69) is 243 Å². The summed E-state index contributed by atoms with van der Waals surface area (Å²) in [6.07, 6.45) is 0. The molecule has 0 fully saturated rings. The summed E-state index contributed by atoms with van der Waals surface area (Å²) in [6, 6.07) is 93.4. The molecule has 9 aromatic rings. The minimum atomic E-state index is -1.91. The maximum atomic E-state index is 8.33. The van der Waals surface area contributed by atoms with E-state index in [0.29, 0.717) is 19.8 Å². The van der Waals surface area contributed by atoms with Crippen molar-refractivity contribution in [3.63, 3.8) is 0 Å². The van der Waals surface area contributed by atoms with Crippen molar-refractivity contribution in [2.24, 2.45) is 0 Å². The molecular formula is C55H48Cl2FeOP2S4W-2. The molecule has 0 saturated carbocycles. The summed E-state index contributed by atoms with van der Waals surface area (Å²) >= 11 is 10.4. The Bertz CT molecular complexity index is 2180. The first-order chi connectivity index (χ1) is 31.5. The zero-order chi connectivity index (χ0) is 45.5. The standard InChI is InChI=1S/2C24H20P.C7H8S2.2ClH.Fe.O.2H2S.W/c2*1-5-13-21(14-6-1)25(22-15-7-2-8-16-22,23-17-9-3-10-18-23)24-19-11-4-12-20-24;1-5-2-3-6(8)7(9)4-5;;;;;;;/h2*1-20H;2-4,8-9H,1H3;2*1H;;;2*1H2;/q2*+1;;;;+2;;;;/p-6. The number of benzene rings is 9. The van der Waals surface area contributed by atoms with E-state index in [1.165, 1.54) is 48.0 Å². The van der Waals surface area contributed by atoms with Crippen molar-refractivity contribution in [1.29, 1.82) is 0 Å². The molecule has 0 aliphatic rings. The van der Waals surface area contributed by atoms with Gasteiger partial charge in [-0.15, -0.1) is 0 Å². The van der Waals surface area contributed by atoms with Crippen molar-refractivity contribution in [1.82, 2.24) is 0 Å². The summed E-state index contributed by atoms with van der Waals surface area (Å²) in [6.45, 7) is 2.00. The van der Waals surface area contributed by atoms with Gasteiger partial charge in [0.05, 0.1) is 0 Å². The van der Waals surface area contributed by atoms with Gasteiger partial charge < -0.3 is 52.2 Å². The molecule has 1 nitrogen and oxygen atoms in total. The van der Waals surface area contributed by atoms with E-state index in [1.807, 2.05) is 25.1 Å². The third-order valence-corrected chi connectivity index (χ3v) is 19.7. The average Bonchev–Trinajstić information content (AvgIpc) is 3.37. The van der Waals surface area contributed by atoms with E-state index in [1.54, 1.807) is 0 Å². The summed E-state index contributed by atoms with van der Waals surface area (Å²) < 4.78 is 8.33. The van der Waals surface area contributed by atoms with Crippen molar-refractivity contribution in [3.05, 3.63) is 266 Å². The summed E-state index contributed by atoms with van der Waals surface area (Å²) in [5.74, 6) is 0. The maximum Gasteiger partial charge on any atom is 0.144 e. The molecule has 0 unspecified atom stereocenters. The molecule has 0 aliphatic heterocycles. The second-order valence-corrected chi connectivity index (χ2v) is 23.5. The van der Waals surface area contributed by atoms with Crippen LogP contribution in [-0.4, -0.2) is 0 Å². The van der Waals surface area contributed by atoms with Gasteiger partial charge in [0.2, 0.25) is 0 Å². The average molecular weight is 1230 g/mol. The van der Waals surface area contributed by atoms with Gasteiger partial charge in [-0.3, -0.25) is 0 Å². The van der Waals surface area contributed by atoms with Gasteiger partial charge >= 0.3 is 56.5 Å². The predicted octanol–water partition coefficient (Wildman–Crippen LogP) is 11.1. The SMILES string of the molecule is Cc1ccc([S-])c([S-])c1.[Cl][Fe][Cl].[O]=[W].[SH-].[SH-].c1ccc([P+](c2ccccc2)(c2ccccc2)c2ccccc2)cc1.c1ccc([P+](c2ccccc2)(c2ccccc2)c2ccccc2)cc1. The van der Waals surface area contributed by atoms with Crippen molar-refractivity contribution >= 4 is 129 Å². The van der Waals surface area contributed by atoms with E-state index >= 15 is 0 Å². The van der Waals surface area contributed by atoms with Crippen molar-refractivity contribution in [2.45, 2.75) is 16.7 Å². The van der Waals surface area contributed by atoms with Gasteiger partial charge in [-0.1, -0.05) is 169 Å². The third kappa shape index (κ3) is 14.5. The van der Waals surface area contributed by atoms with Gasteiger partial charge in [0.15, 0.2) is 0 Å². The Labute approximate surface area is 444 Å². The Kier molecular flexibility index (Phi) is 26.6. The van der Waals surface area contributed by atoms with Crippen LogP contribution in [0.3, 0.4) is 0 Å². The summed E-state index contributed by atoms with van der Waals surface area (Å²) in [5.41, 5.74) is 1.17. The van der Waals surface area contributed by atoms with E-state index in [9.17, 15) is 0 Å². The van der Waals surface area contributed by atoms with Gasteiger partial charge in [0.25, 0.3) is 0 Å². The molecule has 9 aromatic carbocycles. The Hall–Kier alpha value is -3.43. The predicted molar refractivity (Wildman–Crippen MR) is 295 cm³/mol. The van der Waals surface area contributed by atoms with Crippen LogP contribution in [0.5, 0.6) is 0 Å². The summed E-state index contributed by atoms with van der Waals surface area (Å²) in [4.78, 5) is 1.56. The fraction of sp³-hybridized carbons (Fsp3) is 0.0182. The minimum absolute atomic E-state index is 0. The van der Waals surface area contributed by atoms with Gasteiger partial charge in [0, 0.05) is 0 Å². The maximum absolute atomic E-state index is 8.33. The monoisotopic (exact) mass is 1220 g/mol. The number of aryl methyl sites for hydroxylation is 1. The van der Waals surface area contributed by atoms with Crippen LogP contribution in [0, 0.1) is 6.92 Å². The Morgan fingerprint density at radius 3 is 0.636 bits per heavy atom. The topological polar surface area (TPSA) is 17.1 Å². The van der Waals surface area contributed by atoms with E-state index < -0.39 is 14.5 Å². The molecule has 338 valence electrons. The number of thiol groups is 2.